The molecule has 1 aromatic carbocycles. The molecule has 0 fully saturated rings. The Bertz CT molecular complexity index is 573. The summed E-state index contributed by atoms with van der Waals surface area (Å²) in [5.74, 6) is 0.910. The third kappa shape index (κ3) is 3.33. The molecule has 4 nitrogen and oxygen atoms in total. The van der Waals surface area contributed by atoms with Gasteiger partial charge < -0.3 is 10.4 Å². The zero-order valence-corrected chi connectivity index (χ0v) is 12.3. The maximum Gasteiger partial charge on any atom is 0.159 e. The number of nitrogens with one attached hydrogen (secondary N) is 1. The average Bonchev–Trinajstić information content (AvgIpc) is 2.41. The molecule has 2 N–H and O–H groups in total. The average molecular weight is 271 g/mol. The van der Waals surface area contributed by atoms with Crippen molar-refractivity contribution in [2.45, 2.75) is 26.7 Å². The van der Waals surface area contributed by atoms with E-state index >= 15 is 0 Å². The molecule has 20 heavy (non-hydrogen) atoms. The van der Waals surface area contributed by atoms with Gasteiger partial charge in [0.15, 0.2) is 5.82 Å². The number of hydrogen-bond donors (Lipinski definition) is 2. The van der Waals surface area contributed by atoms with Gasteiger partial charge in [0.1, 0.15) is 5.75 Å². The van der Waals surface area contributed by atoms with Crippen LogP contribution in [0.15, 0.2) is 24.3 Å². The first-order chi connectivity index (χ1) is 9.61. The van der Waals surface area contributed by atoms with Crippen molar-refractivity contribution in [3.8, 4) is 17.1 Å². The Morgan fingerprint density at radius 1 is 1.15 bits per heavy atom. The molecule has 2 aromatic rings. The number of aromatic nitrogens is 2. The molecule has 0 saturated carbocycles. The van der Waals surface area contributed by atoms with Crippen LogP contribution in [0.1, 0.15) is 23.4 Å². The Hall–Kier alpha value is -1.94. The minimum Gasteiger partial charge on any atom is -0.508 e. The minimum absolute atomic E-state index is 0.236. The van der Waals surface area contributed by atoms with Crippen LogP contribution >= 0.6 is 0 Å². The molecule has 1 heterocycles. The lowest BCUT2D eigenvalue weighted by molar-refractivity contribution is 0.475. The van der Waals surface area contributed by atoms with Gasteiger partial charge in [-0.15, -0.1) is 0 Å². The molecule has 0 atom stereocenters. The normalized spacial score (nSPS) is 10.8. The predicted molar refractivity (Wildman–Crippen MR) is 80.9 cm³/mol. The first-order valence-corrected chi connectivity index (χ1v) is 6.90. The molecule has 0 radical (unpaired) electrons. The smallest absolute Gasteiger partial charge is 0.159 e. The number of nitrogens with zero attached hydrogens (tertiary/aromatic N) is 2. The van der Waals surface area contributed by atoms with Crippen LogP contribution in [-0.4, -0.2) is 28.7 Å². The quantitative estimate of drug-likeness (QED) is 0.821. The van der Waals surface area contributed by atoms with Crippen LogP contribution in [0, 0.1) is 13.8 Å². The van der Waals surface area contributed by atoms with E-state index in [1.807, 2.05) is 27.0 Å². The van der Waals surface area contributed by atoms with E-state index in [0.717, 1.165) is 36.3 Å². The summed E-state index contributed by atoms with van der Waals surface area (Å²) >= 11 is 0. The fraction of sp³-hybridized carbons (Fsp3) is 0.375. The second-order valence-electron chi connectivity index (χ2n) is 4.95. The van der Waals surface area contributed by atoms with Gasteiger partial charge in [0.2, 0.25) is 0 Å². The topological polar surface area (TPSA) is 58.0 Å². The van der Waals surface area contributed by atoms with E-state index in [4.69, 9.17) is 0 Å². The summed E-state index contributed by atoms with van der Waals surface area (Å²) in [5.41, 5.74) is 4.11. The molecule has 0 aliphatic rings. The largest absolute Gasteiger partial charge is 0.508 e. The van der Waals surface area contributed by atoms with E-state index in [-0.39, 0.29) is 5.75 Å². The number of phenolic OH excluding ortho intramolecular Hbond substituents is 1. The van der Waals surface area contributed by atoms with Gasteiger partial charge >= 0.3 is 0 Å². The molecule has 0 saturated heterocycles. The van der Waals surface area contributed by atoms with Gasteiger partial charge in [0.25, 0.3) is 0 Å². The van der Waals surface area contributed by atoms with Crippen LogP contribution in [0.4, 0.5) is 0 Å². The number of aryl methyl sites for hydroxylation is 2. The Morgan fingerprint density at radius 3 is 2.45 bits per heavy atom. The molecule has 4 heteroatoms. The maximum atomic E-state index is 9.55. The highest BCUT2D eigenvalue weighted by molar-refractivity contribution is 5.58. The van der Waals surface area contributed by atoms with Gasteiger partial charge in [0.05, 0.1) is 0 Å². The van der Waals surface area contributed by atoms with Crippen molar-refractivity contribution < 1.29 is 5.11 Å². The summed E-state index contributed by atoms with van der Waals surface area (Å²) in [6, 6.07) is 7.05. The third-order valence-electron chi connectivity index (χ3n) is 3.38. The molecule has 0 unspecified atom stereocenters. The summed E-state index contributed by atoms with van der Waals surface area (Å²) in [7, 11) is 1.96. The van der Waals surface area contributed by atoms with Gasteiger partial charge in [-0.1, -0.05) is 12.1 Å². The Kier molecular flexibility index (Phi) is 4.69. The second kappa shape index (κ2) is 6.48. The van der Waals surface area contributed by atoms with Crippen LogP contribution < -0.4 is 5.32 Å². The first kappa shape index (κ1) is 14.5. The number of phenols is 1. The van der Waals surface area contributed by atoms with E-state index in [2.05, 4.69) is 15.3 Å². The van der Waals surface area contributed by atoms with Gasteiger partial charge in [-0.25, -0.2) is 9.97 Å². The van der Waals surface area contributed by atoms with E-state index in [1.54, 1.807) is 18.2 Å². The number of rotatable bonds is 5. The highest BCUT2D eigenvalue weighted by Gasteiger charge is 2.10. The number of hydrogen-bond acceptors (Lipinski definition) is 4. The van der Waals surface area contributed by atoms with Gasteiger partial charge in [-0.3, -0.25) is 0 Å². The Labute approximate surface area is 119 Å². The van der Waals surface area contributed by atoms with E-state index in [9.17, 15) is 5.11 Å². The van der Waals surface area contributed by atoms with Crippen molar-refractivity contribution in [3.63, 3.8) is 0 Å². The van der Waals surface area contributed by atoms with E-state index < -0.39 is 0 Å². The zero-order chi connectivity index (χ0) is 14.5. The predicted octanol–water partition coefficient (Wildman–Crippen LogP) is 2.62. The molecule has 0 spiro atoms. The summed E-state index contributed by atoms with van der Waals surface area (Å²) in [6.45, 7) is 5.04. The lowest BCUT2D eigenvalue weighted by Gasteiger charge is -2.11. The molecular formula is C16H21N3O. The SMILES string of the molecule is CNCCCc1c(C)nc(-c2cccc(O)c2)nc1C. The second-order valence-corrected chi connectivity index (χ2v) is 4.95. The highest BCUT2D eigenvalue weighted by Crippen LogP contribution is 2.22. The van der Waals surface area contributed by atoms with Gasteiger partial charge in [-0.05, 0) is 58.0 Å². The van der Waals surface area contributed by atoms with Crippen LogP contribution in [0.3, 0.4) is 0 Å². The molecule has 0 aliphatic heterocycles. The molecule has 1 aromatic heterocycles. The van der Waals surface area contributed by atoms with Crippen molar-refractivity contribution in [1.82, 2.24) is 15.3 Å². The Balaban J connectivity index is 2.30. The van der Waals surface area contributed by atoms with Crippen molar-refractivity contribution >= 4 is 0 Å². The monoisotopic (exact) mass is 271 g/mol. The molecular weight excluding hydrogens is 250 g/mol. The van der Waals surface area contributed by atoms with Gasteiger partial charge in [0, 0.05) is 17.0 Å². The van der Waals surface area contributed by atoms with E-state index in [1.165, 1.54) is 5.56 Å². The van der Waals surface area contributed by atoms with Crippen LogP contribution in [-0.2, 0) is 6.42 Å². The highest BCUT2D eigenvalue weighted by atomic mass is 16.3. The summed E-state index contributed by atoms with van der Waals surface area (Å²) in [4.78, 5) is 9.16. The summed E-state index contributed by atoms with van der Waals surface area (Å²) in [5, 5.41) is 12.7. The van der Waals surface area contributed by atoms with Crippen molar-refractivity contribution in [1.29, 1.82) is 0 Å². The summed E-state index contributed by atoms with van der Waals surface area (Å²) < 4.78 is 0. The van der Waals surface area contributed by atoms with E-state index in [0.29, 0.717) is 5.82 Å². The zero-order valence-electron chi connectivity index (χ0n) is 12.3. The standard InChI is InChI=1S/C16H21N3O/c1-11-15(8-5-9-17-3)12(2)19-16(18-11)13-6-4-7-14(20)10-13/h4,6-7,10,17,20H,5,8-9H2,1-3H3. The van der Waals surface area contributed by atoms with Crippen molar-refractivity contribution in [3.05, 3.63) is 41.2 Å². The first-order valence-electron chi connectivity index (χ1n) is 6.90. The van der Waals surface area contributed by atoms with Gasteiger partial charge in [-0.2, -0.15) is 0 Å². The molecule has 0 aliphatic carbocycles. The summed E-state index contributed by atoms with van der Waals surface area (Å²) in [6.07, 6.45) is 2.06. The third-order valence-corrected chi connectivity index (χ3v) is 3.38. The van der Waals surface area contributed by atoms with Crippen LogP contribution in [0.2, 0.25) is 0 Å². The lowest BCUT2D eigenvalue weighted by atomic mass is 10.1. The molecule has 0 bridgehead atoms. The van der Waals surface area contributed by atoms with Crippen molar-refractivity contribution in [2.75, 3.05) is 13.6 Å². The lowest BCUT2D eigenvalue weighted by Crippen LogP contribution is -2.10. The minimum atomic E-state index is 0.236. The Morgan fingerprint density at radius 2 is 1.85 bits per heavy atom. The fourth-order valence-electron chi connectivity index (χ4n) is 2.32. The maximum absolute atomic E-state index is 9.55. The number of benzene rings is 1. The van der Waals surface area contributed by atoms with Crippen molar-refractivity contribution in [2.24, 2.45) is 0 Å². The fourth-order valence-corrected chi connectivity index (χ4v) is 2.32. The molecule has 2 rings (SSSR count). The number of aromatic hydroxyl groups is 1. The molecule has 0 amide bonds. The van der Waals surface area contributed by atoms with Crippen LogP contribution in [0.5, 0.6) is 5.75 Å². The van der Waals surface area contributed by atoms with Crippen LogP contribution in [0.25, 0.3) is 11.4 Å². The molecule has 106 valence electrons.